The first kappa shape index (κ1) is 12.9. The molecular formula is C13H10Cl2N2O. The molecule has 0 aliphatic rings. The summed E-state index contributed by atoms with van der Waals surface area (Å²) in [5.74, 6) is 0.196. The zero-order valence-electron chi connectivity index (χ0n) is 9.36. The third-order valence-electron chi connectivity index (χ3n) is 2.39. The van der Waals surface area contributed by atoms with E-state index < -0.39 is 0 Å². The van der Waals surface area contributed by atoms with Crippen molar-refractivity contribution < 1.29 is 4.79 Å². The molecule has 0 saturated heterocycles. The normalized spacial score (nSPS) is 10.1. The lowest BCUT2D eigenvalue weighted by Gasteiger charge is -2.06. The molecule has 2 aromatic rings. The molecule has 0 saturated carbocycles. The molecule has 0 bridgehead atoms. The van der Waals surface area contributed by atoms with E-state index in [1.165, 1.54) is 6.20 Å². The first-order valence-electron chi connectivity index (χ1n) is 5.26. The highest BCUT2D eigenvalue weighted by Gasteiger charge is 2.08. The fraction of sp³-hybridized carbons (Fsp3) is 0.0769. The minimum Gasteiger partial charge on any atom is -0.319 e. The smallest absolute Gasteiger partial charge is 0.255 e. The minimum atomic E-state index is -0.231. The topological polar surface area (TPSA) is 42.0 Å². The van der Waals surface area contributed by atoms with Gasteiger partial charge >= 0.3 is 0 Å². The summed E-state index contributed by atoms with van der Waals surface area (Å²) in [7, 11) is 0. The van der Waals surface area contributed by atoms with Crippen LogP contribution in [0.4, 0.5) is 5.69 Å². The molecule has 1 amide bonds. The highest BCUT2D eigenvalue weighted by Crippen LogP contribution is 2.20. The Morgan fingerprint density at radius 1 is 1.22 bits per heavy atom. The Morgan fingerprint density at radius 3 is 2.56 bits per heavy atom. The Kier molecular flexibility index (Phi) is 4.18. The van der Waals surface area contributed by atoms with Crippen LogP contribution in [0, 0.1) is 0 Å². The zero-order chi connectivity index (χ0) is 13.0. The largest absolute Gasteiger partial charge is 0.319 e. The van der Waals surface area contributed by atoms with Crippen molar-refractivity contribution in [2.75, 3.05) is 5.32 Å². The fourth-order valence-corrected chi connectivity index (χ4v) is 1.74. The number of aromatic nitrogens is 1. The highest BCUT2D eigenvalue weighted by molar-refractivity contribution is 6.33. The predicted octanol–water partition coefficient (Wildman–Crippen LogP) is 3.73. The molecule has 0 aliphatic carbocycles. The van der Waals surface area contributed by atoms with Gasteiger partial charge in [-0.05, 0) is 23.8 Å². The summed E-state index contributed by atoms with van der Waals surface area (Å²) in [6.45, 7) is 0. The highest BCUT2D eigenvalue weighted by atomic mass is 35.5. The van der Waals surface area contributed by atoms with Crippen LogP contribution in [0.5, 0.6) is 0 Å². The van der Waals surface area contributed by atoms with Gasteiger partial charge in [-0.1, -0.05) is 23.7 Å². The van der Waals surface area contributed by atoms with Crippen LogP contribution < -0.4 is 5.32 Å². The van der Waals surface area contributed by atoms with Gasteiger partial charge in [-0.15, -0.1) is 11.6 Å². The summed E-state index contributed by atoms with van der Waals surface area (Å²) in [5.41, 5.74) is 2.00. The molecular weight excluding hydrogens is 271 g/mol. The SMILES string of the molecule is O=C(Nc1cnccc1Cl)c1ccc(CCl)cc1. The van der Waals surface area contributed by atoms with E-state index in [0.717, 1.165) is 5.56 Å². The molecule has 0 fully saturated rings. The van der Waals surface area contributed by atoms with Crippen LogP contribution in [0.1, 0.15) is 15.9 Å². The number of benzene rings is 1. The van der Waals surface area contributed by atoms with Gasteiger partial charge in [0.2, 0.25) is 0 Å². The van der Waals surface area contributed by atoms with Gasteiger partial charge in [-0.25, -0.2) is 0 Å². The minimum absolute atomic E-state index is 0.231. The van der Waals surface area contributed by atoms with Crippen molar-refractivity contribution in [3.8, 4) is 0 Å². The molecule has 1 aromatic carbocycles. The second-order valence-electron chi connectivity index (χ2n) is 3.64. The number of pyridine rings is 1. The second-order valence-corrected chi connectivity index (χ2v) is 4.31. The Labute approximate surface area is 115 Å². The van der Waals surface area contributed by atoms with Crippen LogP contribution in [0.15, 0.2) is 42.7 Å². The van der Waals surface area contributed by atoms with E-state index in [-0.39, 0.29) is 5.91 Å². The fourth-order valence-electron chi connectivity index (χ4n) is 1.41. The monoisotopic (exact) mass is 280 g/mol. The Morgan fingerprint density at radius 2 is 1.94 bits per heavy atom. The molecule has 1 aromatic heterocycles. The molecule has 0 spiro atoms. The molecule has 0 unspecified atom stereocenters. The number of carbonyl (C=O) groups excluding carboxylic acids is 1. The van der Waals surface area contributed by atoms with E-state index in [1.807, 2.05) is 12.1 Å². The maximum atomic E-state index is 11.9. The summed E-state index contributed by atoms with van der Waals surface area (Å²) in [6, 6.07) is 8.68. The Hall–Kier alpha value is -1.58. The lowest BCUT2D eigenvalue weighted by atomic mass is 10.1. The van der Waals surface area contributed by atoms with E-state index in [1.54, 1.807) is 24.4 Å². The molecule has 3 nitrogen and oxygen atoms in total. The standard InChI is InChI=1S/C13H10Cl2N2O/c14-7-9-1-3-10(4-2-9)13(18)17-12-8-16-6-5-11(12)15/h1-6,8H,7H2,(H,17,18). The van der Waals surface area contributed by atoms with Gasteiger partial charge in [0.05, 0.1) is 16.9 Å². The predicted molar refractivity (Wildman–Crippen MR) is 73.2 cm³/mol. The van der Waals surface area contributed by atoms with Gasteiger partial charge in [0.15, 0.2) is 0 Å². The zero-order valence-corrected chi connectivity index (χ0v) is 10.9. The van der Waals surface area contributed by atoms with Gasteiger partial charge in [0, 0.05) is 17.6 Å². The van der Waals surface area contributed by atoms with E-state index in [0.29, 0.717) is 22.2 Å². The number of halogens is 2. The molecule has 1 heterocycles. The maximum absolute atomic E-state index is 11.9. The number of hydrogen-bond acceptors (Lipinski definition) is 2. The van der Waals surface area contributed by atoms with Gasteiger partial charge in [-0.3, -0.25) is 9.78 Å². The van der Waals surface area contributed by atoms with Crippen LogP contribution in [0.25, 0.3) is 0 Å². The van der Waals surface area contributed by atoms with Crippen molar-refractivity contribution in [3.63, 3.8) is 0 Å². The van der Waals surface area contributed by atoms with Crippen molar-refractivity contribution in [1.29, 1.82) is 0 Å². The van der Waals surface area contributed by atoms with E-state index in [9.17, 15) is 4.79 Å². The summed E-state index contributed by atoms with van der Waals surface area (Å²) in [6.07, 6.45) is 3.07. The van der Waals surface area contributed by atoms with Crippen molar-refractivity contribution in [1.82, 2.24) is 4.98 Å². The van der Waals surface area contributed by atoms with Gasteiger partial charge in [-0.2, -0.15) is 0 Å². The Balaban J connectivity index is 2.14. The Bertz CT molecular complexity index is 555. The van der Waals surface area contributed by atoms with Crippen molar-refractivity contribution in [2.45, 2.75) is 5.88 Å². The molecule has 5 heteroatoms. The molecule has 0 aliphatic heterocycles. The summed E-state index contributed by atoms with van der Waals surface area (Å²) in [5, 5.41) is 3.15. The number of carbonyl (C=O) groups is 1. The van der Waals surface area contributed by atoms with Gasteiger partial charge in [0.1, 0.15) is 0 Å². The summed E-state index contributed by atoms with van der Waals surface area (Å²) >= 11 is 11.6. The van der Waals surface area contributed by atoms with Crippen LogP contribution in [-0.2, 0) is 5.88 Å². The third-order valence-corrected chi connectivity index (χ3v) is 3.02. The van der Waals surface area contributed by atoms with Crippen LogP contribution in [0.3, 0.4) is 0 Å². The number of hydrogen-bond donors (Lipinski definition) is 1. The number of nitrogens with one attached hydrogen (secondary N) is 1. The number of alkyl halides is 1. The summed E-state index contributed by atoms with van der Waals surface area (Å²) in [4.78, 5) is 15.8. The average molecular weight is 281 g/mol. The van der Waals surface area contributed by atoms with Crippen molar-refractivity contribution in [3.05, 3.63) is 58.9 Å². The number of anilines is 1. The number of nitrogens with zero attached hydrogens (tertiary/aromatic N) is 1. The number of amides is 1. The molecule has 2 rings (SSSR count). The molecule has 1 N–H and O–H groups in total. The molecule has 18 heavy (non-hydrogen) atoms. The van der Waals surface area contributed by atoms with Crippen LogP contribution in [-0.4, -0.2) is 10.9 Å². The molecule has 0 radical (unpaired) electrons. The van der Waals surface area contributed by atoms with Crippen molar-refractivity contribution in [2.24, 2.45) is 0 Å². The van der Waals surface area contributed by atoms with Crippen LogP contribution in [0.2, 0.25) is 5.02 Å². The molecule has 92 valence electrons. The maximum Gasteiger partial charge on any atom is 0.255 e. The second kappa shape index (κ2) is 5.85. The van der Waals surface area contributed by atoms with Crippen molar-refractivity contribution >= 4 is 34.8 Å². The van der Waals surface area contributed by atoms with E-state index in [2.05, 4.69) is 10.3 Å². The van der Waals surface area contributed by atoms with E-state index in [4.69, 9.17) is 23.2 Å². The summed E-state index contributed by atoms with van der Waals surface area (Å²) < 4.78 is 0. The quantitative estimate of drug-likeness (QED) is 0.871. The first-order valence-corrected chi connectivity index (χ1v) is 6.17. The average Bonchev–Trinajstić information content (AvgIpc) is 2.41. The van der Waals surface area contributed by atoms with Gasteiger partial charge < -0.3 is 5.32 Å². The number of rotatable bonds is 3. The molecule has 0 atom stereocenters. The van der Waals surface area contributed by atoms with E-state index >= 15 is 0 Å². The lowest BCUT2D eigenvalue weighted by Crippen LogP contribution is -2.12. The lowest BCUT2D eigenvalue weighted by molar-refractivity contribution is 0.102. The van der Waals surface area contributed by atoms with Gasteiger partial charge in [0.25, 0.3) is 5.91 Å². The third kappa shape index (κ3) is 3.00. The first-order chi connectivity index (χ1) is 8.70. The van der Waals surface area contributed by atoms with Crippen LogP contribution >= 0.6 is 23.2 Å².